The molecule has 0 radical (unpaired) electrons. The summed E-state index contributed by atoms with van der Waals surface area (Å²) in [4.78, 5) is 25.0. The normalized spacial score (nSPS) is 10.3. The van der Waals surface area contributed by atoms with Crippen LogP contribution in [0.1, 0.15) is 18.2 Å². The van der Waals surface area contributed by atoms with Gasteiger partial charge in [0.2, 0.25) is 11.8 Å². The van der Waals surface area contributed by atoms with Crippen LogP contribution in [0.4, 0.5) is 4.39 Å². The van der Waals surface area contributed by atoms with Gasteiger partial charge in [0.15, 0.2) is 0 Å². The van der Waals surface area contributed by atoms with E-state index >= 15 is 0 Å². The average molecular weight is 318 g/mol. The number of hydrogen-bond donors (Lipinski definition) is 1. The summed E-state index contributed by atoms with van der Waals surface area (Å²) in [5, 5.41) is 2.68. The van der Waals surface area contributed by atoms with Gasteiger partial charge < -0.3 is 14.6 Å². The summed E-state index contributed by atoms with van der Waals surface area (Å²) in [6.07, 6.45) is 1.88. The third-order valence-corrected chi connectivity index (χ3v) is 3.43. The second kappa shape index (κ2) is 8.12. The first kappa shape index (κ1) is 16.7. The maximum Gasteiger partial charge on any atom is 0.240 e. The lowest BCUT2D eigenvalue weighted by Crippen LogP contribution is -2.40. The Labute approximate surface area is 134 Å². The third kappa shape index (κ3) is 5.25. The van der Waals surface area contributed by atoms with Crippen molar-refractivity contribution in [3.8, 4) is 0 Å². The average Bonchev–Trinajstić information content (AvgIpc) is 3.04. The first-order chi connectivity index (χ1) is 11.1. The van der Waals surface area contributed by atoms with Crippen LogP contribution in [0.2, 0.25) is 0 Å². The minimum atomic E-state index is -0.307. The number of carbonyl (C=O) groups is 2. The van der Waals surface area contributed by atoms with Crippen molar-refractivity contribution < 1.29 is 18.4 Å². The monoisotopic (exact) mass is 318 g/mol. The standard InChI is InChI=1S/C17H19FN2O3/c1-13(21)20(9-8-14-5-2-3-7-16(14)18)12-17(22)19-11-15-6-4-10-23-15/h2-7,10H,8-9,11-12H2,1H3,(H,19,22). The van der Waals surface area contributed by atoms with Gasteiger partial charge in [0.25, 0.3) is 0 Å². The second-order valence-corrected chi connectivity index (χ2v) is 5.14. The number of rotatable bonds is 7. The van der Waals surface area contributed by atoms with Crippen molar-refractivity contribution in [2.45, 2.75) is 19.9 Å². The molecule has 122 valence electrons. The molecule has 1 aromatic heterocycles. The lowest BCUT2D eigenvalue weighted by atomic mass is 10.1. The van der Waals surface area contributed by atoms with Gasteiger partial charge >= 0.3 is 0 Å². The Morgan fingerprint density at radius 1 is 1.22 bits per heavy atom. The van der Waals surface area contributed by atoms with Gasteiger partial charge in [0.05, 0.1) is 19.4 Å². The summed E-state index contributed by atoms with van der Waals surface area (Å²) in [5.41, 5.74) is 0.523. The smallest absolute Gasteiger partial charge is 0.240 e. The lowest BCUT2D eigenvalue weighted by molar-refractivity contribution is -0.134. The van der Waals surface area contributed by atoms with Crippen LogP contribution in [0.15, 0.2) is 47.1 Å². The molecule has 0 saturated heterocycles. The molecule has 1 heterocycles. The van der Waals surface area contributed by atoms with Crippen LogP contribution in [0.3, 0.4) is 0 Å². The third-order valence-electron chi connectivity index (χ3n) is 3.43. The Hall–Kier alpha value is -2.63. The van der Waals surface area contributed by atoms with Crippen molar-refractivity contribution in [2.24, 2.45) is 0 Å². The minimum absolute atomic E-state index is 0.0650. The van der Waals surface area contributed by atoms with E-state index in [0.29, 0.717) is 17.7 Å². The zero-order valence-electron chi connectivity index (χ0n) is 12.9. The molecule has 2 rings (SSSR count). The van der Waals surface area contributed by atoms with E-state index in [4.69, 9.17) is 4.42 Å². The highest BCUT2D eigenvalue weighted by molar-refractivity contribution is 5.83. The highest BCUT2D eigenvalue weighted by atomic mass is 19.1. The quantitative estimate of drug-likeness (QED) is 0.850. The van der Waals surface area contributed by atoms with Gasteiger partial charge in [-0.15, -0.1) is 0 Å². The Morgan fingerprint density at radius 2 is 2.00 bits per heavy atom. The van der Waals surface area contributed by atoms with Crippen molar-refractivity contribution in [1.82, 2.24) is 10.2 Å². The first-order valence-electron chi connectivity index (χ1n) is 7.34. The number of nitrogens with one attached hydrogen (secondary N) is 1. The summed E-state index contributed by atoms with van der Waals surface area (Å²) in [7, 11) is 0. The molecule has 2 amide bonds. The molecular weight excluding hydrogens is 299 g/mol. The Balaban J connectivity index is 1.84. The van der Waals surface area contributed by atoms with E-state index in [-0.39, 0.29) is 37.3 Å². The van der Waals surface area contributed by atoms with Gasteiger partial charge in [0, 0.05) is 13.5 Å². The molecule has 0 saturated carbocycles. The fraction of sp³-hybridized carbons (Fsp3) is 0.294. The van der Waals surface area contributed by atoms with Gasteiger partial charge in [-0.1, -0.05) is 18.2 Å². The molecule has 0 fully saturated rings. The molecule has 0 spiro atoms. The number of nitrogens with zero attached hydrogens (tertiary/aromatic N) is 1. The molecule has 0 aliphatic carbocycles. The number of amides is 2. The Morgan fingerprint density at radius 3 is 2.65 bits per heavy atom. The van der Waals surface area contributed by atoms with Gasteiger partial charge in [0.1, 0.15) is 11.6 Å². The van der Waals surface area contributed by atoms with Crippen LogP contribution in [0, 0.1) is 5.82 Å². The molecule has 0 unspecified atom stereocenters. The SMILES string of the molecule is CC(=O)N(CCc1ccccc1F)CC(=O)NCc1ccco1. The van der Waals surface area contributed by atoms with Crippen molar-refractivity contribution >= 4 is 11.8 Å². The van der Waals surface area contributed by atoms with Crippen LogP contribution in [-0.4, -0.2) is 29.8 Å². The van der Waals surface area contributed by atoms with Crippen LogP contribution in [0.25, 0.3) is 0 Å². The first-order valence-corrected chi connectivity index (χ1v) is 7.34. The fourth-order valence-corrected chi connectivity index (χ4v) is 2.13. The number of carbonyl (C=O) groups excluding carboxylic acids is 2. The predicted octanol–water partition coefficient (Wildman–Crippen LogP) is 2.13. The molecule has 5 nitrogen and oxygen atoms in total. The number of hydrogen-bond acceptors (Lipinski definition) is 3. The summed E-state index contributed by atoms with van der Waals surface area (Å²) in [6, 6.07) is 9.89. The van der Waals surface area contributed by atoms with Crippen LogP contribution in [-0.2, 0) is 22.6 Å². The highest BCUT2D eigenvalue weighted by Gasteiger charge is 2.14. The van der Waals surface area contributed by atoms with Crippen LogP contribution in [0.5, 0.6) is 0 Å². The number of furan rings is 1. The minimum Gasteiger partial charge on any atom is -0.467 e. The van der Waals surface area contributed by atoms with Crippen LogP contribution >= 0.6 is 0 Å². The summed E-state index contributed by atoms with van der Waals surface area (Å²) in [5.74, 6) is -0.183. The Kier molecular flexibility index (Phi) is 5.91. The molecule has 0 aliphatic heterocycles. The Bertz CT molecular complexity index is 656. The van der Waals surface area contributed by atoms with Crippen molar-refractivity contribution in [1.29, 1.82) is 0 Å². The maximum atomic E-state index is 13.6. The molecule has 0 atom stereocenters. The van der Waals surface area contributed by atoms with Crippen molar-refractivity contribution in [2.75, 3.05) is 13.1 Å². The summed E-state index contributed by atoms with van der Waals surface area (Å²) < 4.78 is 18.7. The van der Waals surface area contributed by atoms with E-state index in [9.17, 15) is 14.0 Å². The molecule has 0 aliphatic rings. The van der Waals surface area contributed by atoms with E-state index in [1.807, 2.05) is 0 Å². The van der Waals surface area contributed by atoms with E-state index in [0.717, 1.165) is 0 Å². The van der Waals surface area contributed by atoms with Crippen molar-refractivity contribution in [3.05, 3.63) is 59.8 Å². The zero-order chi connectivity index (χ0) is 16.7. The second-order valence-electron chi connectivity index (χ2n) is 5.14. The van der Waals surface area contributed by atoms with E-state index in [1.54, 1.807) is 30.3 Å². The van der Waals surface area contributed by atoms with Gasteiger partial charge in [-0.2, -0.15) is 0 Å². The van der Waals surface area contributed by atoms with E-state index in [2.05, 4.69) is 5.32 Å². The molecule has 2 aromatic rings. The van der Waals surface area contributed by atoms with Crippen LogP contribution < -0.4 is 5.32 Å². The summed E-state index contributed by atoms with van der Waals surface area (Å²) >= 11 is 0. The van der Waals surface area contributed by atoms with E-state index < -0.39 is 0 Å². The molecule has 1 N–H and O–H groups in total. The van der Waals surface area contributed by atoms with Gasteiger partial charge in [-0.25, -0.2) is 4.39 Å². The molecular formula is C17H19FN2O3. The molecule has 1 aromatic carbocycles. The van der Waals surface area contributed by atoms with Crippen molar-refractivity contribution in [3.63, 3.8) is 0 Å². The maximum absolute atomic E-state index is 13.6. The molecule has 6 heteroatoms. The number of halogens is 1. The highest BCUT2D eigenvalue weighted by Crippen LogP contribution is 2.08. The largest absolute Gasteiger partial charge is 0.467 e. The molecule has 0 bridgehead atoms. The topological polar surface area (TPSA) is 62.6 Å². The van der Waals surface area contributed by atoms with E-state index in [1.165, 1.54) is 24.2 Å². The molecule has 23 heavy (non-hydrogen) atoms. The van der Waals surface area contributed by atoms with Gasteiger partial charge in [-0.3, -0.25) is 9.59 Å². The predicted molar refractivity (Wildman–Crippen MR) is 82.9 cm³/mol. The fourth-order valence-electron chi connectivity index (χ4n) is 2.13. The van der Waals surface area contributed by atoms with Gasteiger partial charge in [-0.05, 0) is 30.2 Å². The summed E-state index contributed by atoms with van der Waals surface area (Å²) in [6.45, 7) is 1.88. The lowest BCUT2D eigenvalue weighted by Gasteiger charge is -2.20. The number of benzene rings is 1. The zero-order valence-corrected chi connectivity index (χ0v) is 12.9.